The molecule has 1 aromatic carbocycles. The maximum atomic E-state index is 9.22. The Bertz CT molecular complexity index is 305. The third-order valence-corrected chi connectivity index (χ3v) is 2.75. The number of phenols is 1. The van der Waals surface area contributed by atoms with Gasteiger partial charge in [0.2, 0.25) is 0 Å². The van der Waals surface area contributed by atoms with Crippen molar-refractivity contribution in [1.82, 2.24) is 5.32 Å². The first-order valence-corrected chi connectivity index (χ1v) is 6.04. The molecule has 0 spiro atoms. The number of nitrogens with one attached hydrogen (secondary N) is 1. The minimum absolute atomic E-state index is 0.325. The molecule has 0 radical (unpaired) electrons. The summed E-state index contributed by atoms with van der Waals surface area (Å²) < 4.78 is 0. The number of aromatic hydroxyl groups is 1. The van der Waals surface area contributed by atoms with Crippen molar-refractivity contribution < 1.29 is 5.11 Å². The highest BCUT2D eigenvalue weighted by molar-refractivity contribution is 5.27. The molecular formula is C14H23NO. The van der Waals surface area contributed by atoms with Gasteiger partial charge in [0.05, 0.1) is 0 Å². The summed E-state index contributed by atoms with van der Waals surface area (Å²) in [6.45, 7) is 8.85. The summed E-state index contributed by atoms with van der Waals surface area (Å²) in [5.41, 5.74) is 1.22. The molecule has 2 N–H and O–H groups in total. The molecule has 0 amide bonds. The van der Waals surface area contributed by atoms with Crippen LogP contribution in [0.1, 0.15) is 45.7 Å². The maximum Gasteiger partial charge on any atom is 0.115 e. The van der Waals surface area contributed by atoms with Crippen molar-refractivity contribution in [2.45, 2.75) is 46.2 Å². The molecular weight excluding hydrogens is 198 g/mol. The van der Waals surface area contributed by atoms with Gasteiger partial charge in [-0.15, -0.1) is 0 Å². The fourth-order valence-corrected chi connectivity index (χ4v) is 2.06. The Morgan fingerprint density at radius 2 is 1.62 bits per heavy atom. The van der Waals surface area contributed by atoms with E-state index in [-0.39, 0.29) is 0 Å². The van der Waals surface area contributed by atoms with Crippen molar-refractivity contribution in [2.24, 2.45) is 5.92 Å². The smallest absolute Gasteiger partial charge is 0.115 e. The van der Waals surface area contributed by atoms with E-state index in [1.807, 2.05) is 12.1 Å². The van der Waals surface area contributed by atoms with Crippen molar-refractivity contribution in [3.05, 3.63) is 29.8 Å². The zero-order valence-electron chi connectivity index (χ0n) is 10.7. The van der Waals surface area contributed by atoms with Crippen LogP contribution in [0.3, 0.4) is 0 Å². The van der Waals surface area contributed by atoms with Gasteiger partial charge in [-0.25, -0.2) is 0 Å². The highest BCUT2D eigenvalue weighted by Gasteiger charge is 2.10. The van der Waals surface area contributed by atoms with Gasteiger partial charge in [0.1, 0.15) is 5.75 Å². The molecule has 0 aliphatic carbocycles. The molecule has 0 aromatic heterocycles. The summed E-state index contributed by atoms with van der Waals surface area (Å²) in [5.74, 6) is 1.04. The van der Waals surface area contributed by atoms with Gasteiger partial charge < -0.3 is 10.4 Å². The minimum Gasteiger partial charge on any atom is -0.508 e. The third kappa shape index (κ3) is 4.23. The van der Waals surface area contributed by atoms with Gasteiger partial charge in [-0.05, 0) is 43.9 Å². The molecule has 0 aliphatic rings. The third-order valence-electron chi connectivity index (χ3n) is 2.75. The van der Waals surface area contributed by atoms with Crippen LogP contribution < -0.4 is 5.32 Å². The minimum atomic E-state index is 0.325. The summed E-state index contributed by atoms with van der Waals surface area (Å²) in [5, 5.41) is 12.8. The summed E-state index contributed by atoms with van der Waals surface area (Å²) >= 11 is 0. The van der Waals surface area contributed by atoms with E-state index in [0.29, 0.717) is 17.8 Å². The maximum absolute atomic E-state index is 9.22. The number of phenolic OH excluding ortho intramolecular Hbond substituents is 1. The Kier molecular flexibility index (Phi) is 4.81. The zero-order valence-corrected chi connectivity index (χ0v) is 10.7. The van der Waals surface area contributed by atoms with Crippen LogP contribution in [-0.2, 0) is 0 Å². The summed E-state index contributed by atoms with van der Waals surface area (Å²) in [4.78, 5) is 0. The Morgan fingerprint density at radius 3 is 2.12 bits per heavy atom. The molecule has 2 unspecified atom stereocenters. The molecule has 0 bridgehead atoms. The highest BCUT2D eigenvalue weighted by atomic mass is 16.3. The fraction of sp³-hybridized carbons (Fsp3) is 0.571. The first-order valence-electron chi connectivity index (χ1n) is 6.04. The second-order valence-corrected chi connectivity index (χ2v) is 5.01. The van der Waals surface area contributed by atoms with E-state index in [4.69, 9.17) is 0 Å². The van der Waals surface area contributed by atoms with Gasteiger partial charge in [0, 0.05) is 12.1 Å². The molecule has 0 aliphatic heterocycles. The lowest BCUT2D eigenvalue weighted by Crippen LogP contribution is -2.30. The average Bonchev–Trinajstić information content (AvgIpc) is 2.16. The summed E-state index contributed by atoms with van der Waals surface area (Å²) in [6.07, 6.45) is 1.18. The van der Waals surface area contributed by atoms with Crippen LogP contribution >= 0.6 is 0 Å². The second-order valence-electron chi connectivity index (χ2n) is 5.01. The van der Waals surface area contributed by atoms with Crippen LogP contribution in [0.25, 0.3) is 0 Å². The van der Waals surface area contributed by atoms with Crippen LogP contribution in [0.4, 0.5) is 0 Å². The molecule has 1 rings (SSSR count). The summed E-state index contributed by atoms with van der Waals surface area (Å²) in [6, 6.07) is 8.25. The Labute approximate surface area is 98.7 Å². The molecule has 0 fully saturated rings. The van der Waals surface area contributed by atoms with Gasteiger partial charge in [-0.2, -0.15) is 0 Å². The predicted octanol–water partition coefficient (Wildman–Crippen LogP) is 3.48. The lowest BCUT2D eigenvalue weighted by molar-refractivity contribution is 0.406. The van der Waals surface area contributed by atoms with E-state index in [1.54, 1.807) is 12.1 Å². The van der Waals surface area contributed by atoms with Gasteiger partial charge >= 0.3 is 0 Å². The lowest BCUT2D eigenvalue weighted by Gasteiger charge is -2.21. The predicted molar refractivity (Wildman–Crippen MR) is 68.6 cm³/mol. The largest absolute Gasteiger partial charge is 0.508 e. The van der Waals surface area contributed by atoms with E-state index in [2.05, 4.69) is 33.0 Å². The van der Waals surface area contributed by atoms with Crippen LogP contribution in [0.15, 0.2) is 24.3 Å². The summed E-state index contributed by atoms with van der Waals surface area (Å²) in [7, 11) is 0. The van der Waals surface area contributed by atoms with Gasteiger partial charge in [0.15, 0.2) is 0 Å². The molecule has 90 valence electrons. The first-order chi connectivity index (χ1) is 7.49. The Morgan fingerprint density at radius 1 is 1.06 bits per heavy atom. The van der Waals surface area contributed by atoms with Crippen molar-refractivity contribution in [3.63, 3.8) is 0 Å². The van der Waals surface area contributed by atoms with E-state index in [9.17, 15) is 5.11 Å². The molecule has 0 saturated carbocycles. The molecule has 1 aromatic rings. The monoisotopic (exact) mass is 221 g/mol. The van der Waals surface area contributed by atoms with Crippen molar-refractivity contribution >= 4 is 0 Å². The van der Waals surface area contributed by atoms with Crippen molar-refractivity contribution in [2.75, 3.05) is 0 Å². The molecule has 0 saturated heterocycles. The van der Waals surface area contributed by atoms with Crippen LogP contribution in [0.5, 0.6) is 5.75 Å². The number of hydrogen-bond acceptors (Lipinski definition) is 2. The average molecular weight is 221 g/mol. The Hall–Kier alpha value is -1.02. The van der Waals surface area contributed by atoms with E-state index < -0.39 is 0 Å². The van der Waals surface area contributed by atoms with Crippen molar-refractivity contribution in [3.8, 4) is 5.75 Å². The number of hydrogen-bond donors (Lipinski definition) is 2. The molecule has 2 atom stereocenters. The van der Waals surface area contributed by atoms with E-state index in [0.717, 1.165) is 5.92 Å². The Balaban J connectivity index is 2.51. The van der Waals surface area contributed by atoms with Gasteiger partial charge in [-0.3, -0.25) is 0 Å². The molecule has 2 heteroatoms. The molecule has 16 heavy (non-hydrogen) atoms. The topological polar surface area (TPSA) is 32.3 Å². The molecule has 2 nitrogen and oxygen atoms in total. The molecule has 0 heterocycles. The van der Waals surface area contributed by atoms with Crippen LogP contribution in [0, 0.1) is 5.92 Å². The van der Waals surface area contributed by atoms with Crippen molar-refractivity contribution in [1.29, 1.82) is 0 Å². The first kappa shape index (κ1) is 13.0. The highest BCUT2D eigenvalue weighted by Crippen LogP contribution is 2.17. The van der Waals surface area contributed by atoms with Gasteiger partial charge in [0.25, 0.3) is 0 Å². The number of rotatable bonds is 5. The van der Waals surface area contributed by atoms with Crippen LogP contribution in [0.2, 0.25) is 0 Å². The SMILES string of the molecule is CC(C)CC(C)NC(C)c1ccc(O)cc1. The zero-order chi connectivity index (χ0) is 12.1. The lowest BCUT2D eigenvalue weighted by atomic mass is 10.0. The fourth-order valence-electron chi connectivity index (χ4n) is 2.06. The standard InChI is InChI=1S/C14H23NO/c1-10(2)9-11(3)15-12(4)13-5-7-14(16)8-6-13/h5-8,10-12,15-16H,9H2,1-4H3. The number of benzene rings is 1. The van der Waals surface area contributed by atoms with E-state index in [1.165, 1.54) is 12.0 Å². The normalized spacial score (nSPS) is 15.1. The second kappa shape index (κ2) is 5.90. The van der Waals surface area contributed by atoms with Crippen LogP contribution in [-0.4, -0.2) is 11.1 Å². The quantitative estimate of drug-likeness (QED) is 0.798. The van der Waals surface area contributed by atoms with E-state index >= 15 is 0 Å². The van der Waals surface area contributed by atoms with Gasteiger partial charge in [-0.1, -0.05) is 26.0 Å².